The highest BCUT2D eigenvalue weighted by Crippen LogP contribution is 2.27. The maximum Gasteiger partial charge on any atom is 0.374 e. The highest BCUT2D eigenvalue weighted by Gasteiger charge is 2.23. The molecular weight excluding hydrogens is 270 g/mol. The van der Waals surface area contributed by atoms with Crippen LogP contribution in [0.2, 0.25) is 0 Å². The molecule has 1 aliphatic rings. The second-order valence-electron chi connectivity index (χ2n) is 5.14. The van der Waals surface area contributed by atoms with Gasteiger partial charge in [-0.25, -0.2) is 14.8 Å². The van der Waals surface area contributed by atoms with Gasteiger partial charge < -0.3 is 14.7 Å². The number of carboxylic acid groups (broad SMARTS) is 1. The number of hydrogen-bond donors (Lipinski definition) is 1. The van der Waals surface area contributed by atoms with Gasteiger partial charge in [0.2, 0.25) is 5.82 Å². The third kappa shape index (κ3) is 2.67. The van der Waals surface area contributed by atoms with Crippen molar-refractivity contribution in [3.05, 3.63) is 30.1 Å². The van der Waals surface area contributed by atoms with E-state index in [4.69, 9.17) is 4.74 Å². The van der Waals surface area contributed by atoms with Crippen molar-refractivity contribution in [1.29, 1.82) is 0 Å². The molecule has 110 valence electrons. The number of aromatic nitrogens is 2. The first kappa shape index (κ1) is 13.8. The molecule has 6 nitrogen and oxygen atoms in total. The summed E-state index contributed by atoms with van der Waals surface area (Å²) in [6.45, 7) is 1.57. The Morgan fingerprint density at radius 1 is 1.38 bits per heavy atom. The van der Waals surface area contributed by atoms with Crippen LogP contribution in [0.3, 0.4) is 0 Å². The van der Waals surface area contributed by atoms with Crippen molar-refractivity contribution in [1.82, 2.24) is 9.97 Å². The third-order valence-electron chi connectivity index (χ3n) is 3.79. The van der Waals surface area contributed by atoms with Crippen molar-refractivity contribution >= 4 is 22.7 Å². The Labute approximate surface area is 122 Å². The molecule has 0 saturated carbocycles. The maximum atomic E-state index is 11.2. The number of para-hydroxylation sites is 1. The first-order valence-electron chi connectivity index (χ1n) is 6.97. The van der Waals surface area contributed by atoms with Gasteiger partial charge in [0.1, 0.15) is 5.82 Å². The van der Waals surface area contributed by atoms with Crippen LogP contribution in [-0.2, 0) is 4.74 Å². The number of benzene rings is 1. The molecule has 1 aliphatic heterocycles. The van der Waals surface area contributed by atoms with E-state index >= 15 is 0 Å². The molecule has 6 heteroatoms. The largest absolute Gasteiger partial charge is 0.475 e. The Bertz CT molecular complexity index is 674. The van der Waals surface area contributed by atoms with E-state index in [9.17, 15) is 9.90 Å². The number of nitrogens with zero attached hydrogens (tertiary/aromatic N) is 3. The number of piperidine rings is 1. The van der Waals surface area contributed by atoms with Crippen LogP contribution in [0.25, 0.3) is 10.9 Å². The number of hydrogen-bond acceptors (Lipinski definition) is 5. The summed E-state index contributed by atoms with van der Waals surface area (Å²) >= 11 is 0. The number of anilines is 1. The molecule has 2 aromatic rings. The average molecular weight is 287 g/mol. The Morgan fingerprint density at radius 2 is 2.19 bits per heavy atom. The summed E-state index contributed by atoms with van der Waals surface area (Å²) in [5.41, 5.74) is 0.652. The summed E-state index contributed by atoms with van der Waals surface area (Å²) in [5.74, 6) is -0.592. The molecule has 1 aromatic heterocycles. The Morgan fingerprint density at radius 3 is 2.95 bits per heavy atom. The standard InChI is InChI=1S/C15H17N3O3/c1-21-10-5-4-8-18(9-10)14-11-6-2-3-7-12(11)16-13(17-14)15(19)20/h2-3,6-7,10H,4-5,8-9H2,1H3,(H,19,20). The number of methoxy groups -OCH3 is 1. The molecule has 2 heterocycles. The number of carbonyl (C=O) groups is 1. The van der Waals surface area contributed by atoms with Crippen LogP contribution in [0.5, 0.6) is 0 Å². The van der Waals surface area contributed by atoms with E-state index in [-0.39, 0.29) is 11.9 Å². The lowest BCUT2D eigenvalue weighted by Crippen LogP contribution is -2.40. The molecule has 0 radical (unpaired) electrons. The van der Waals surface area contributed by atoms with Gasteiger partial charge >= 0.3 is 5.97 Å². The first-order valence-corrected chi connectivity index (χ1v) is 6.97. The highest BCUT2D eigenvalue weighted by atomic mass is 16.5. The minimum absolute atomic E-state index is 0.153. The van der Waals surface area contributed by atoms with Crippen LogP contribution in [-0.4, -0.2) is 47.3 Å². The predicted molar refractivity (Wildman–Crippen MR) is 78.7 cm³/mol. The molecule has 1 fully saturated rings. The fourth-order valence-corrected chi connectivity index (χ4v) is 2.72. The van der Waals surface area contributed by atoms with E-state index in [0.717, 1.165) is 31.3 Å². The molecule has 1 saturated heterocycles. The van der Waals surface area contributed by atoms with Gasteiger partial charge in [-0.15, -0.1) is 0 Å². The average Bonchev–Trinajstić information content (AvgIpc) is 2.53. The molecule has 0 amide bonds. The SMILES string of the molecule is COC1CCCN(c2nc(C(=O)O)nc3ccccc23)C1. The van der Waals surface area contributed by atoms with Gasteiger partial charge in [0.15, 0.2) is 0 Å². The quantitative estimate of drug-likeness (QED) is 0.929. The topological polar surface area (TPSA) is 75.5 Å². The summed E-state index contributed by atoms with van der Waals surface area (Å²) in [4.78, 5) is 21.7. The lowest BCUT2D eigenvalue weighted by atomic mass is 10.1. The molecular formula is C15H17N3O3. The zero-order chi connectivity index (χ0) is 14.8. The van der Waals surface area contributed by atoms with Crippen molar-refractivity contribution in [2.24, 2.45) is 0 Å². The molecule has 1 aromatic carbocycles. The Balaban J connectivity index is 2.09. The van der Waals surface area contributed by atoms with E-state index < -0.39 is 5.97 Å². The van der Waals surface area contributed by atoms with Crippen LogP contribution in [0.15, 0.2) is 24.3 Å². The highest BCUT2D eigenvalue weighted by molar-refractivity contribution is 5.93. The molecule has 1 unspecified atom stereocenters. The number of rotatable bonds is 3. The molecule has 21 heavy (non-hydrogen) atoms. The lowest BCUT2D eigenvalue weighted by molar-refractivity contribution is 0.0684. The van der Waals surface area contributed by atoms with Crippen LogP contribution in [0.4, 0.5) is 5.82 Å². The zero-order valence-electron chi connectivity index (χ0n) is 11.8. The predicted octanol–water partition coefficient (Wildman–Crippen LogP) is 1.94. The Kier molecular flexibility index (Phi) is 3.70. The number of fused-ring (bicyclic) bond motifs is 1. The normalized spacial score (nSPS) is 18.9. The minimum Gasteiger partial charge on any atom is -0.475 e. The van der Waals surface area contributed by atoms with Crippen molar-refractivity contribution in [2.45, 2.75) is 18.9 Å². The van der Waals surface area contributed by atoms with Crippen LogP contribution >= 0.6 is 0 Å². The molecule has 1 atom stereocenters. The summed E-state index contributed by atoms with van der Waals surface area (Å²) in [5, 5.41) is 10.1. The second kappa shape index (κ2) is 5.65. The number of aromatic carboxylic acids is 1. The molecule has 0 spiro atoms. The summed E-state index contributed by atoms with van der Waals surface area (Å²) in [6.07, 6.45) is 2.17. The summed E-state index contributed by atoms with van der Waals surface area (Å²) < 4.78 is 5.43. The second-order valence-corrected chi connectivity index (χ2v) is 5.14. The van der Waals surface area contributed by atoms with E-state index in [0.29, 0.717) is 11.3 Å². The Hall–Kier alpha value is -2.21. The lowest BCUT2D eigenvalue weighted by Gasteiger charge is -2.33. The van der Waals surface area contributed by atoms with Gasteiger partial charge in [-0.3, -0.25) is 0 Å². The fourth-order valence-electron chi connectivity index (χ4n) is 2.72. The van der Waals surface area contributed by atoms with Crippen LogP contribution < -0.4 is 4.90 Å². The van der Waals surface area contributed by atoms with Crippen molar-refractivity contribution in [3.63, 3.8) is 0 Å². The number of ether oxygens (including phenoxy) is 1. The van der Waals surface area contributed by atoms with E-state index in [1.807, 2.05) is 24.3 Å². The van der Waals surface area contributed by atoms with Crippen molar-refractivity contribution in [3.8, 4) is 0 Å². The summed E-state index contributed by atoms with van der Waals surface area (Å²) in [6, 6.07) is 7.49. The maximum absolute atomic E-state index is 11.2. The van der Waals surface area contributed by atoms with Gasteiger partial charge in [0, 0.05) is 25.6 Å². The molecule has 1 N–H and O–H groups in total. The van der Waals surface area contributed by atoms with Gasteiger partial charge in [-0.05, 0) is 25.0 Å². The van der Waals surface area contributed by atoms with Gasteiger partial charge in [-0.1, -0.05) is 12.1 Å². The van der Waals surface area contributed by atoms with Gasteiger partial charge in [-0.2, -0.15) is 0 Å². The molecule has 0 bridgehead atoms. The van der Waals surface area contributed by atoms with Crippen LogP contribution in [0, 0.1) is 0 Å². The summed E-state index contributed by atoms with van der Waals surface area (Å²) in [7, 11) is 1.70. The fraction of sp³-hybridized carbons (Fsp3) is 0.400. The molecule has 0 aliphatic carbocycles. The molecule has 3 rings (SSSR count). The van der Waals surface area contributed by atoms with E-state index in [1.54, 1.807) is 7.11 Å². The third-order valence-corrected chi connectivity index (χ3v) is 3.79. The first-order chi connectivity index (χ1) is 10.2. The van der Waals surface area contributed by atoms with E-state index in [2.05, 4.69) is 14.9 Å². The van der Waals surface area contributed by atoms with Crippen molar-refractivity contribution < 1.29 is 14.6 Å². The monoisotopic (exact) mass is 287 g/mol. The van der Waals surface area contributed by atoms with Gasteiger partial charge in [0.25, 0.3) is 0 Å². The smallest absolute Gasteiger partial charge is 0.374 e. The van der Waals surface area contributed by atoms with Crippen LogP contribution in [0.1, 0.15) is 23.5 Å². The minimum atomic E-state index is -1.11. The zero-order valence-corrected chi connectivity index (χ0v) is 11.8. The number of carboxylic acids is 1. The van der Waals surface area contributed by atoms with Crippen molar-refractivity contribution in [2.75, 3.05) is 25.1 Å². The van der Waals surface area contributed by atoms with E-state index in [1.165, 1.54) is 0 Å². The van der Waals surface area contributed by atoms with Gasteiger partial charge in [0.05, 0.1) is 11.6 Å².